The molecule has 1 aliphatic carbocycles. The lowest BCUT2D eigenvalue weighted by Crippen LogP contribution is -2.38. The number of carbonyl (C=O) groups excluding carboxylic acids is 2. The summed E-state index contributed by atoms with van der Waals surface area (Å²) in [6, 6.07) is 16.2. The van der Waals surface area contributed by atoms with E-state index in [1.54, 1.807) is 12.1 Å². The van der Waals surface area contributed by atoms with Crippen LogP contribution in [0.5, 0.6) is 0 Å². The molecular weight excluding hydrogens is 356 g/mol. The van der Waals surface area contributed by atoms with Gasteiger partial charge in [-0.2, -0.15) is 0 Å². The van der Waals surface area contributed by atoms with Gasteiger partial charge in [0.25, 0.3) is 0 Å². The Morgan fingerprint density at radius 3 is 2.52 bits per heavy atom. The van der Waals surface area contributed by atoms with Crippen molar-refractivity contribution in [2.75, 3.05) is 0 Å². The number of hydrogen-bond acceptors (Lipinski definition) is 2. The molecule has 0 spiro atoms. The molecule has 0 aromatic heterocycles. The van der Waals surface area contributed by atoms with Crippen molar-refractivity contribution in [1.29, 1.82) is 0 Å². The van der Waals surface area contributed by atoms with E-state index >= 15 is 0 Å². The highest BCUT2D eigenvalue weighted by atomic mass is 79.9. The highest BCUT2D eigenvalue weighted by Crippen LogP contribution is 2.48. The summed E-state index contributed by atoms with van der Waals surface area (Å²) in [5.74, 6) is -0.571. The zero-order valence-electron chi connectivity index (χ0n) is 12.4. The number of carbonyl (C=O) groups is 2. The molecule has 0 aliphatic heterocycles. The number of nitrogens with two attached hydrogens (primary N) is 1. The Morgan fingerprint density at radius 1 is 1.13 bits per heavy atom. The molecule has 0 saturated heterocycles. The quantitative estimate of drug-likeness (QED) is 0.846. The van der Waals surface area contributed by atoms with Gasteiger partial charge in [0.05, 0.1) is 0 Å². The first kappa shape index (κ1) is 15.7. The zero-order chi connectivity index (χ0) is 16.4. The molecule has 118 valence electrons. The van der Waals surface area contributed by atoms with Crippen LogP contribution in [-0.2, 0) is 9.59 Å². The van der Waals surface area contributed by atoms with Crippen LogP contribution in [-0.4, -0.2) is 11.8 Å². The fourth-order valence-electron chi connectivity index (χ4n) is 2.80. The van der Waals surface area contributed by atoms with Crippen LogP contribution in [0.15, 0.2) is 59.1 Å². The molecule has 2 aromatic rings. The summed E-state index contributed by atoms with van der Waals surface area (Å²) in [5, 5.41) is 2.78. The Labute approximate surface area is 143 Å². The van der Waals surface area contributed by atoms with Crippen molar-refractivity contribution in [2.24, 2.45) is 11.7 Å². The Morgan fingerprint density at radius 2 is 1.87 bits per heavy atom. The Hall–Kier alpha value is -2.14. The molecule has 0 unspecified atom stereocenters. The fourth-order valence-corrected chi connectivity index (χ4v) is 3.22. The molecule has 2 amide bonds. The molecule has 0 radical (unpaired) electrons. The molecule has 2 aromatic carbocycles. The van der Waals surface area contributed by atoms with Gasteiger partial charge in [-0.25, -0.2) is 0 Å². The molecule has 3 rings (SSSR count). The zero-order valence-corrected chi connectivity index (χ0v) is 14.0. The summed E-state index contributed by atoms with van der Waals surface area (Å²) in [5.41, 5.74) is 7.28. The first-order valence-electron chi connectivity index (χ1n) is 7.46. The van der Waals surface area contributed by atoms with Gasteiger partial charge in [-0.1, -0.05) is 58.4 Å². The number of halogens is 1. The maximum absolute atomic E-state index is 12.4. The maximum Gasteiger partial charge on any atom is 0.244 e. The molecule has 5 heteroatoms. The monoisotopic (exact) mass is 372 g/mol. The Kier molecular flexibility index (Phi) is 4.48. The molecule has 0 heterocycles. The molecule has 3 N–H and O–H groups in total. The molecule has 1 aliphatic rings. The van der Waals surface area contributed by atoms with Crippen molar-refractivity contribution in [3.8, 4) is 0 Å². The molecule has 23 heavy (non-hydrogen) atoms. The minimum absolute atomic E-state index is 0.102. The van der Waals surface area contributed by atoms with Gasteiger partial charge in [0, 0.05) is 10.4 Å². The Bertz CT molecular complexity index is 733. The van der Waals surface area contributed by atoms with Crippen LogP contribution < -0.4 is 11.1 Å². The van der Waals surface area contributed by atoms with E-state index < -0.39 is 11.9 Å². The molecular formula is C18H17BrN2O2. The van der Waals surface area contributed by atoms with Crippen molar-refractivity contribution in [1.82, 2.24) is 5.32 Å². The predicted molar refractivity (Wildman–Crippen MR) is 91.5 cm³/mol. The third kappa shape index (κ3) is 3.62. The van der Waals surface area contributed by atoms with E-state index in [-0.39, 0.29) is 17.7 Å². The van der Waals surface area contributed by atoms with E-state index in [1.807, 2.05) is 42.5 Å². The standard InChI is InChI=1S/C18H17BrN2O2/c19-13-8-4-7-12(9-13)14-10-15(14)18(23)21-16(17(20)22)11-5-2-1-3-6-11/h1-9,14-16H,10H2,(H2,20,22)(H,21,23)/t14-,15-,16+/m0/s1. The lowest BCUT2D eigenvalue weighted by atomic mass is 10.1. The van der Waals surface area contributed by atoms with E-state index in [2.05, 4.69) is 21.2 Å². The van der Waals surface area contributed by atoms with Crippen LogP contribution in [0.3, 0.4) is 0 Å². The van der Waals surface area contributed by atoms with Gasteiger partial charge in [0.2, 0.25) is 11.8 Å². The summed E-state index contributed by atoms with van der Waals surface area (Å²) in [6.45, 7) is 0. The van der Waals surface area contributed by atoms with Crippen LogP contribution in [0.25, 0.3) is 0 Å². The number of primary amides is 1. The van der Waals surface area contributed by atoms with Crippen molar-refractivity contribution >= 4 is 27.7 Å². The first-order chi connectivity index (χ1) is 11.1. The second-order valence-electron chi connectivity index (χ2n) is 5.76. The minimum Gasteiger partial charge on any atom is -0.368 e. The number of nitrogens with one attached hydrogen (secondary N) is 1. The van der Waals surface area contributed by atoms with Gasteiger partial charge < -0.3 is 11.1 Å². The summed E-state index contributed by atoms with van der Waals surface area (Å²) in [7, 11) is 0. The first-order valence-corrected chi connectivity index (χ1v) is 8.25. The summed E-state index contributed by atoms with van der Waals surface area (Å²) in [4.78, 5) is 24.1. The van der Waals surface area contributed by atoms with Crippen LogP contribution in [0.4, 0.5) is 0 Å². The SMILES string of the molecule is NC(=O)[C@H](NC(=O)[C@H]1C[C@H]1c1cccc(Br)c1)c1ccccc1. The highest BCUT2D eigenvalue weighted by Gasteiger charge is 2.44. The topological polar surface area (TPSA) is 72.2 Å². The Balaban J connectivity index is 1.68. The van der Waals surface area contributed by atoms with E-state index in [4.69, 9.17) is 5.73 Å². The third-order valence-electron chi connectivity index (χ3n) is 4.11. The van der Waals surface area contributed by atoms with Gasteiger partial charge in [0.1, 0.15) is 6.04 Å². The van der Waals surface area contributed by atoms with E-state index in [0.717, 1.165) is 16.5 Å². The number of hydrogen-bond donors (Lipinski definition) is 2. The molecule has 3 atom stereocenters. The summed E-state index contributed by atoms with van der Waals surface area (Å²) >= 11 is 3.44. The van der Waals surface area contributed by atoms with Gasteiger partial charge in [0.15, 0.2) is 0 Å². The molecule has 1 saturated carbocycles. The molecule has 1 fully saturated rings. The van der Waals surface area contributed by atoms with E-state index in [0.29, 0.717) is 5.56 Å². The normalized spacial score (nSPS) is 20.6. The average molecular weight is 373 g/mol. The second kappa shape index (κ2) is 6.54. The van der Waals surface area contributed by atoms with Crippen molar-refractivity contribution in [2.45, 2.75) is 18.4 Å². The van der Waals surface area contributed by atoms with E-state index in [1.165, 1.54) is 0 Å². The van der Waals surface area contributed by atoms with Gasteiger partial charge in [-0.05, 0) is 35.6 Å². The number of benzene rings is 2. The highest BCUT2D eigenvalue weighted by molar-refractivity contribution is 9.10. The van der Waals surface area contributed by atoms with Gasteiger partial charge in [-0.15, -0.1) is 0 Å². The fraction of sp³-hybridized carbons (Fsp3) is 0.222. The maximum atomic E-state index is 12.4. The van der Waals surface area contributed by atoms with Crippen LogP contribution in [0.1, 0.15) is 29.5 Å². The van der Waals surface area contributed by atoms with Crippen molar-refractivity contribution in [3.63, 3.8) is 0 Å². The largest absolute Gasteiger partial charge is 0.368 e. The summed E-state index contributed by atoms with van der Waals surface area (Å²) in [6.07, 6.45) is 0.794. The predicted octanol–water partition coefficient (Wildman–Crippen LogP) is 2.90. The van der Waals surface area contributed by atoms with Crippen molar-refractivity contribution < 1.29 is 9.59 Å². The average Bonchev–Trinajstić information content (AvgIpc) is 3.33. The smallest absolute Gasteiger partial charge is 0.244 e. The third-order valence-corrected chi connectivity index (χ3v) is 4.60. The van der Waals surface area contributed by atoms with E-state index in [9.17, 15) is 9.59 Å². The number of amides is 2. The summed E-state index contributed by atoms with van der Waals surface area (Å²) < 4.78 is 1.00. The molecule has 4 nitrogen and oxygen atoms in total. The van der Waals surface area contributed by atoms with Crippen molar-refractivity contribution in [3.05, 3.63) is 70.2 Å². The lowest BCUT2D eigenvalue weighted by molar-refractivity contribution is -0.128. The molecule has 0 bridgehead atoms. The lowest BCUT2D eigenvalue weighted by Gasteiger charge is -2.16. The van der Waals surface area contributed by atoms with Crippen LogP contribution >= 0.6 is 15.9 Å². The van der Waals surface area contributed by atoms with Crippen LogP contribution in [0, 0.1) is 5.92 Å². The second-order valence-corrected chi connectivity index (χ2v) is 6.67. The van der Waals surface area contributed by atoms with Gasteiger partial charge >= 0.3 is 0 Å². The minimum atomic E-state index is -0.785. The van der Waals surface area contributed by atoms with Gasteiger partial charge in [-0.3, -0.25) is 9.59 Å². The number of rotatable bonds is 5. The van der Waals surface area contributed by atoms with Crippen LogP contribution in [0.2, 0.25) is 0 Å².